The average molecular weight is 518 g/mol. The molecule has 0 radical (unpaired) electrons. The van der Waals surface area contributed by atoms with E-state index in [1.54, 1.807) is 11.9 Å². The summed E-state index contributed by atoms with van der Waals surface area (Å²) in [4.78, 5) is 17.9. The molecule has 1 aromatic carbocycles. The lowest BCUT2D eigenvalue weighted by atomic mass is 10.1. The summed E-state index contributed by atoms with van der Waals surface area (Å²) in [6.45, 7) is 12.2. The monoisotopic (exact) mass is 518 g/mol. The van der Waals surface area contributed by atoms with Gasteiger partial charge in [-0.15, -0.1) is 24.0 Å². The molecule has 1 amide bonds. The molecule has 1 aliphatic rings. The zero-order chi connectivity index (χ0) is 20.7. The molecule has 0 atom stereocenters. The Morgan fingerprint density at radius 3 is 2.31 bits per heavy atom. The molecule has 0 bridgehead atoms. The quantitative estimate of drug-likeness (QED) is 0.343. The highest BCUT2D eigenvalue weighted by molar-refractivity contribution is 14.0. The van der Waals surface area contributed by atoms with Gasteiger partial charge in [0.05, 0.1) is 18.8 Å². The van der Waals surface area contributed by atoms with Crippen molar-refractivity contribution in [1.29, 1.82) is 0 Å². The Morgan fingerprint density at radius 1 is 1.21 bits per heavy atom. The van der Waals surface area contributed by atoms with E-state index < -0.39 is 5.60 Å². The summed E-state index contributed by atoms with van der Waals surface area (Å²) in [5.74, 6) is 0.723. The lowest BCUT2D eigenvalue weighted by Gasteiger charge is -2.40. The third-order valence-corrected chi connectivity index (χ3v) is 4.16. The van der Waals surface area contributed by atoms with Gasteiger partial charge in [-0.25, -0.2) is 4.79 Å². The first-order valence-corrected chi connectivity index (χ1v) is 9.81. The number of nitrogens with one attached hydrogen (secondary N) is 2. The van der Waals surface area contributed by atoms with E-state index >= 15 is 0 Å². The molecule has 1 aromatic rings. The van der Waals surface area contributed by atoms with Crippen molar-refractivity contribution < 1.29 is 14.3 Å². The third kappa shape index (κ3) is 9.20. The van der Waals surface area contributed by atoms with Gasteiger partial charge < -0.3 is 25.0 Å². The van der Waals surface area contributed by atoms with Gasteiger partial charge in [0, 0.05) is 26.7 Å². The minimum atomic E-state index is -0.469. The van der Waals surface area contributed by atoms with Crippen LogP contribution in [0.4, 0.5) is 4.79 Å². The molecule has 0 spiro atoms. The highest BCUT2D eigenvalue weighted by atomic mass is 127. The second-order valence-corrected chi connectivity index (χ2v) is 8.33. The maximum Gasteiger partial charge on any atom is 0.410 e. The van der Waals surface area contributed by atoms with Crippen LogP contribution in [0.3, 0.4) is 0 Å². The van der Waals surface area contributed by atoms with Crippen LogP contribution < -0.4 is 10.6 Å². The predicted molar refractivity (Wildman–Crippen MR) is 127 cm³/mol. The van der Waals surface area contributed by atoms with Crippen molar-refractivity contribution >= 4 is 36.0 Å². The number of rotatable bonds is 6. The molecular weight excluding hydrogens is 483 g/mol. The Balaban J connectivity index is 0.00000420. The van der Waals surface area contributed by atoms with Crippen LogP contribution in [-0.4, -0.2) is 54.8 Å². The summed E-state index contributed by atoms with van der Waals surface area (Å²) < 4.78 is 11.0. The molecule has 8 heteroatoms. The van der Waals surface area contributed by atoms with Crippen molar-refractivity contribution in [3.05, 3.63) is 35.4 Å². The maximum absolute atomic E-state index is 12.0. The van der Waals surface area contributed by atoms with Crippen molar-refractivity contribution in [1.82, 2.24) is 15.5 Å². The van der Waals surface area contributed by atoms with Crippen molar-refractivity contribution in [2.45, 2.75) is 65.5 Å². The van der Waals surface area contributed by atoms with Crippen molar-refractivity contribution in [2.75, 3.05) is 20.1 Å². The summed E-state index contributed by atoms with van der Waals surface area (Å²) in [5.41, 5.74) is 1.86. The Morgan fingerprint density at radius 2 is 1.79 bits per heavy atom. The first-order chi connectivity index (χ1) is 13.2. The Hall–Kier alpha value is -1.55. The normalized spacial score (nSPS) is 14.9. The largest absolute Gasteiger partial charge is 0.444 e. The van der Waals surface area contributed by atoms with Crippen LogP contribution in [0.15, 0.2) is 29.3 Å². The van der Waals surface area contributed by atoms with Gasteiger partial charge in [-0.05, 0) is 45.7 Å². The van der Waals surface area contributed by atoms with Gasteiger partial charge in [0.2, 0.25) is 0 Å². The van der Waals surface area contributed by atoms with Crippen LogP contribution in [0.1, 0.15) is 45.7 Å². The van der Waals surface area contributed by atoms with Crippen LogP contribution in [0.25, 0.3) is 0 Å². The smallest absolute Gasteiger partial charge is 0.410 e. The molecular formula is C21H35IN4O3. The lowest BCUT2D eigenvalue weighted by molar-refractivity contribution is 0.00701. The highest BCUT2D eigenvalue weighted by Gasteiger charge is 2.34. The summed E-state index contributed by atoms with van der Waals surface area (Å²) in [6.07, 6.45) is -0.0384. The Bertz CT molecular complexity index is 665. The second-order valence-electron chi connectivity index (χ2n) is 8.33. The fourth-order valence-corrected chi connectivity index (χ4v) is 2.64. The highest BCUT2D eigenvalue weighted by Crippen LogP contribution is 2.15. The van der Waals surface area contributed by atoms with Crippen molar-refractivity contribution in [2.24, 2.45) is 4.99 Å². The van der Waals surface area contributed by atoms with E-state index in [9.17, 15) is 4.79 Å². The molecule has 7 nitrogen and oxygen atoms in total. The number of carbonyl (C=O) groups is 1. The van der Waals surface area contributed by atoms with Crippen LogP contribution in [-0.2, 0) is 22.6 Å². The number of likely N-dealkylation sites (tertiary alicyclic amines) is 1. The number of hydrogen-bond donors (Lipinski definition) is 2. The van der Waals surface area contributed by atoms with E-state index in [1.165, 1.54) is 5.56 Å². The lowest BCUT2D eigenvalue weighted by Crippen LogP contribution is -2.63. The minimum Gasteiger partial charge on any atom is -0.444 e. The number of halogens is 1. The second kappa shape index (κ2) is 11.6. The molecule has 0 aliphatic carbocycles. The number of nitrogens with zero attached hydrogens (tertiary/aromatic N) is 2. The molecule has 1 aliphatic heterocycles. The van der Waals surface area contributed by atoms with Gasteiger partial charge in [-0.1, -0.05) is 24.3 Å². The van der Waals surface area contributed by atoms with Gasteiger partial charge in [0.1, 0.15) is 5.60 Å². The molecule has 29 heavy (non-hydrogen) atoms. The number of aliphatic imine (C=N–C) groups is 1. The van der Waals surface area contributed by atoms with Gasteiger partial charge in [-0.3, -0.25) is 4.99 Å². The molecule has 0 unspecified atom stereocenters. The van der Waals surface area contributed by atoms with Crippen molar-refractivity contribution in [3.63, 3.8) is 0 Å². The van der Waals surface area contributed by atoms with Gasteiger partial charge in [0.15, 0.2) is 5.96 Å². The number of carbonyl (C=O) groups excluding carboxylic acids is 1. The fourth-order valence-electron chi connectivity index (χ4n) is 2.64. The van der Waals surface area contributed by atoms with Gasteiger partial charge in [0.25, 0.3) is 0 Å². The van der Waals surface area contributed by atoms with E-state index in [0.717, 1.165) is 11.5 Å². The number of amides is 1. The van der Waals surface area contributed by atoms with Crippen LogP contribution in [0.5, 0.6) is 0 Å². The molecule has 164 valence electrons. The molecule has 1 heterocycles. The van der Waals surface area contributed by atoms with Crippen LogP contribution >= 0.6 is 24.0 Å². The molecule has 0 saturated carbocycles. The predicted octanol–water partition coefficient (Wildman–Crippen LogP) is 3.51. The maximum atomic E-state index is 12.0. The Kier molecular flexibility index (Phi) is 10.2. The molecule has 0 aromatic heterocycles. The first-order valence-electron chi connectivity index (χ1n) is 9.81. The number of hydrogen-bond acceptors (Lipinski definition) is 4. The zero-order valence-electron chi connectivity index (χ0n) is 18.3. The summed E-state index contributed by atoms with van der Waals surface area (Å²) in [6, 6.07) is 8.52. The Labute approximate surface area is 191 Å². The average Bonchev–Trinajstić information content (AvgIpc) is 2.57. The van der Waals surface area contributed by atoms with Gasteiger partial charge >= 0.3 is 6.09 Å². The van der Waals surface area contributed by atoms with Crippen LogP contribution in [0, 0.1) is 0 Å². The third-order valence-electron chi connectivity index (χ3n) is 4.16. The number of ether oxygens (including phenoxy) is 2. The van der Waals surface area contributed by atoms with E-state index in [0.29, 0.717) is 26.2 Å². The molecule has 2 rings (SSSR count). The summed E-state index contributed by atoms with van der Waals surface area (Å²) >= 11 is 0. The van der Waals surface area contributed by atoms with E-state index in [1.807, 2.05) is 34.6 Å². The topological polar surface area (TPSA) is 75.2 Å². The van der Waals surface area contributed by atoms with Gasteiger partial charge in [-0.2, -0.15) is 0 Å². The molecule has 2 N–H and O–H groups in total. The first kappa shape index (κ1) is 25.5. The van der Waals surface area contributed by atoms with E-state index in [2.05, 4.69) is 39.9 Å². The zero-order valence-corrected chi connectivity index (χ0v) is 20.7. The standard InChI is InChI=1S/C21H34N4O3.HI/c1-15(2)27-14-17-9-7-16(8-10-17)11-23-19(22-6)24-18-12-25(13-18)20(26)28-21(3,4)5;/h7-10,15,18H,11-14H2,1-6H3,(H2,22,23,24);1H. The SMILES string of the molecule is CN=C(NCc1ccc(COC(C)C)cc1)NC1CN(C(=O)OC(C)(C)C)C1.I. The number of benzene rings is 1. The number of guanidine groups is 1. The van der Waals surface area contributed by atoms with E-state index in [4.69, 9.17) is 9.47 Å². The minimum absolute atomic E-state index is 0. The molecule has 1 saturated heterocycles. The van der Waals surface area contributed by atoms with Crippen LogP contribution in [0.2, 0.25) is 0 Å². The summed E-state index contributed by atoms with van der Waals surface area (Å²) in [5, 5.41) is 6.64. The summed E-state index contributed by atoms with van der Waals surface area (Å²) in [7, 11) is 1.74. The van der Waals surface area contributed by atoms with Crippen molar-refractivity contribution in [3.8, 4) is 0 Å². The fraction of sp³-hybridized carbons (Fsp3) is 0.619. The molecule has 1 fully saturated rings. The van der Waals surface area contributed by atoms with E-state index in [-0.39, 0.29) is 42.2 Å².